The summed E-state index contributed by atoms with van der Waals surface area (Å²) >= 11 is 0. The van der Waals surface area contributed by atoms with Gasteiger partial charge >= 0.3 is 0 Å². The zero-order valence-electron chi connectivity index (χ0n) is 24.8. The average molecular weight is 573 g/mol. The smallest absolute Gasteiger partial charge is 0.247 e. The number of aromatic nitrogens is 2. The first-order valence-corrected chi connectivity index (χ1v) is 14.1. The molecule has 0 spiro atoms. The zero-order valence-corrected chi connectivity index (χ0v) is 24.8. The van der Waals surface area contributed by atoms with E-state index < -0.39 is 6.04 Å². The minimum absolute atomic E-state index is 0.166. The molecule has 11 heteroatoms. The van der Waals surface area contributed by atoms with Gasteiger partial charge in [0.2, 0.25) is 17.8 Å². The maximum atomic E-state index is 12.9. The Morgan fingerprint density at radius 3 is 2.71 bits per heavy atom. The number of amides is 2. The number of likely N-dealkylation sites (tertiary alicyclic amines) is 1. The van der Waals surface area contributed by atoms with Crippen LogP contribution in [0.5, 0.6) is 0 Å². The maximum Gasteiger partial charge on any atom is 0.247 e. The number of anilines is 3. The molecule has 222 valence electrons. The highest BCUT2D eigenvalue weighted by atomic mass is 16.5. The molecule has 3 rings (SSSR count). The van der Waals surface area contributed by atoms with Gasteiger partial charge in [-0.2, -0.15) is 10.2 Å². The number of benzene rings is 1. The SMILES string of the molecule is CCCNc1nc(Nc2ccc(C#N)cc2)ncc1C#CCCCNC(=O)C1C[C@@H](OC)CN1C(=O)/C=C/CN(C)C. The third-order valence-electron chi connectivity index (χ3n) is 6.51. The Bertz CT molecular complexity index is 1320. The summed E-state index contributed by atoms with van der Waals surface area (Å²) in [6.07, 6.45) is 7.46. The molecule has 1 aromatic heterocycles. The summed E-state index contributed by atoms with van der Waals surface area (Å²) in [6.45, 7) is 4.30. The number of rotatable bonds is 13. The van der Waals surface area contributed by atoms with E-state index in [9.17, 15) is 9.59 Å². The highest BCUT2D eigenvalue weighted by molar-refractivity contribution is 5.93. The lowest BCUT2D eigenvalue weighted by Gasteiger charge is -2.22. The summed E-state index contributed by atoms with van der Waals surface area (Å²) in [6, 6.07) is 8.60. The molecule has 0 radical (unpaired) electrons. The molecule has 3 N–H and O–H groups in total. The Kier molecular flexibility index (Phi) is 12.8. The van der Waals surface area contributed by atoms with Crippen molar-refractivity contribution in [3.63, 3.8) is 0 Å². The van der Waals surface area contributed by atoms with Crippen LogP contribution in [0.1, 0.15) is 43.7 Å². The Morgan fingerprint density at radius 1 is 1.24 bits per heavy atom. The maximum absolute atomic E-state index is 12.9. The molecule has 1 fully saturated rings. The number of hydrogen-bond acceptors (Lipinski definition) is 9. The lowest BCUT2D eigenvalue weighted by Crippen LogP contribution is -2.45. The Labute approximate surface area is 248 Å². The number of hydrogen-bond donors (Lipinski definition) is 3. The lowest BCUT2D eigenvalue weighted by atomic mass is 10.1. The lowest BCUT2D eigenvalue weighted by molar-refractivity contribution is -0.135. The van der Waals surface area contributed by atoms with E-state index in [1.165, 1.54) is 6.08 Å². The molecule has 1 saturated heterocycles. The van der Waals surface area contributed by atoms with Crippen molar-refractivity contribution >= 4 is 29.3 Å². The van der Waals surface area contributed by atoms with Gasteiger partial charge < -0.3 is 30.5 Å². The second-order valence-corrected chi connectivity index (χ2v) is 10.2. The highest BCUT2D eigenvalue weighted by Crippen LogP contribution is 2.21. The van der Waals surface area contributed by atoms with E-state index in [-0.39, 0.29) is 17.9 Å². The number of carbonyl (C=O) groups excluding carboxylic acids is 2. The van der Waals surface area contributed by atoms with Crippen molar-refractivity contribution in [1.82, 2.24) is 25.1 Å². The molecule has 0 bridgehead atoms. The van der Waals surface area contributed by atoms with Crippen LogP contribution in [0.4, 0.5) is 17.5 Å². The Hall–Kier alpha value is -4.45. The molecule has 1 aliphatic rings. The third kappa shape index (κ3) is 9.88. The van der Waals surface area contributed by atoms with Gasteiger partial charge in [0.25, 0.3) is 0 Å². The van der Waals surface area contributed by atoms with Crippen molar-refractivity contribution < 1.29 is 14.3 Å². The zero-order chi connectivity index (χ0) is 30.3. The second-order valence-electron chi connectivity index (χ2n) is 10.2. The largest absolute Gasteiger partial charge is 0.380 e. The number of unbranched alkanes of at least 4 members (excludes halogenated alkanes) is 1. The molecular weight excluding hydrogens is 532 g/mol. The quantitative estimate of drug-likeness (QED) is 0.188. The number of likely N-dealkylation sites (N-methyl/N-ethyl adjacent to an activating group) is 1. The first kappa shape index (κ1) is 32.1. The summed E-state index contributed by atoms with van der Waals surface area (Å²) in [4.78, 5) is 38.2. The van der Waals surface area contributed by atoms with Crippen molar-refractivity contribution in [1.29, 1.82) is 5.26 Å². The summed E-state index contributed by atoms with van der Waals surface area (Å²) in [5, 5.41) is 18.4. The van der Waals surface area contributed by atoms with Crippen LogP contribution in [0.25, 0.3) is 0 Å². The normalized spacial score (nSPS) is 16.1. The van der Waals surface area contributed by atoms with Gasteiger partial charge in [-0.3, -0.25) is 9.59 Å². The molecule has 2 amide bonds. The number of carbonyl (C=O) groups is 2. The van der Waals surface area contributed by atoms with E-state index in [2.05, 4.69) is 50.8 Å². The Balaban J connectivity index is 1.53. The third-order valence-corrected chi connectivity index (χ3v) is 6.51. The minimum atomic E-state index is -0.557. The summed E-state index contributed by atoms with van der Waals surface area (Å²) < 4.78 is 5.44. The van der Waals surface area contributed by atoms with E-state index in [0.29, 0.717) is 61.8 Å². The number of methoxy groups -OCH3 is 1. The number of nitriles is 1. The van der Waals surface area contributed by atoms with Crippen LogP contribution in [0.3, 0.4) is 0 Å². The van der Waals surface area contributed by atoms with Crippen LogP contribution < -0.4 is 16.0 Å². The molecule has 1 aliphatic heterocycles. The van der Waals surface area contributed by atoms with Crippen molar-refractivity contribution in [3.05, 3.63) is 53.7 Å². The number of nitrogens with one attached hydrogen (secondary N) is 3. The molecule has 2 aromatic rings. The van der Waals surface area contributed by atoms with Crippen molar-refractivity contribution in [2.75, 3.05) is 58.0 Å². The van der Waals surface area contributed by atoms with Gasteiger partial charge in [-0.25, -0.2) is 4.98 Å². The average Bonchev–Trinajstić information content (AvgIpc) is 3.43. The van der Waals surface area contributed by atoms with Gasteiger partial charge in [0.05, 0.1) is 29.5 Å². The number of ether oxygens (including phenoxy) is 1. The first-order valence-electron chi connectivity index (χ1n) is 14.1. The predicted octanol–water partition coefficient (Wildman–Crippen LogP) is 2.90. The van der Waals surface area contributed by atoms with Crippen LogP contribution >= 0.6 is 0 Å². The summed E-state index contributed by atoms with van der Waals surface area (Å²) in [5.74, 6) is 6.99. The van der Waals surface area contributed by atoms with Crippen molar-refractivity contribution in [2.24, 2.45) is 0 Å². The molecule has 1 aromatic carbocycles. The monoisotopic (exact) mass is 572 g/mol. The van der Waals surface area contributed by atoms with Crippen LogP contribution in [0.15, 0.2) is 42.6 Å². The van der Waals surface area contributed by atoms with Gasteiger partial charge in [-0.05, 0) is 51.2 Å². The molecule has 2 heterocycles. The highest BCUT2D eigenvalue weighted by Gasteiger charge is 2.38. The van der Waals surface area contributed by atoms with E-state index in [4.69, 9.17) is 10.00 Å². The molecule has 0 saturated carbocycles. The fourth-order valence-electron chi connectivity index (χ4n) is 4.25. The first-order chi connectivity index (χ1) is 20.3. The topological polar surface area (TPSA) is 136 Å². The second kappa shape index (κ2) is 16.7. The number of nitrogens with zero attached hydrogens (tertiary/aromatic N) is 5. The van der Waals surface area contributed by atoms with Gasteiger partial charge in [-0.15, -0.1) is 0 Å². The molecule has 0 aliphatic carbocycles. The van der Waals surface area contributed by atoms with Gasteiger partial charge in [0, 0.05) is 57.9 Å². The Morgan fingerprint density at radius 2 is 2.02 bits per heavy atom. The molecule has 2 atom stereocenters. The van der Waals surface area contributed by atoms with Crippen LogP contribution in [-0.2, 0) is 14.3 Å². The minimum Gasteiger partial charge on any atom is -0.380 e. The van der Waals surface area contributed by atoms with Crippen LogP contribution in [-0.4, -0.2) is 91.1 Å². The van der Waals surface area contributed by atoms with Gasteiger partial charge in [0.15, 0.2) is 0 Å². The summed E-state index contributed by atoms with van der Waals surface area (Å²) in [7, 11) is 5.45. The fraction of sp³-hybridized carbons (Fsp3) is 0.452. The standard InChI is InChI=1S/C31H40N8O3/c1-5-16-33-29-24(21-35-31(37-29)36-25-14-12-23(20-32)13-15-25)10-7-6-8-17-34-30(41)27-19-26(42-4)22-39(27)28(40)11-9-18-38(2)3/h9,11-15,21,26-27H,5-6,8,16-19,22H2,1-4H3,(H,34,41)(H2,33,35,36,37)/b11-9+/t26-,27?/m1/s1. The summed E-state index contributed by atoms with van der Waals surface area (Å²) in [5.41, 5.74) is 2.04. The van der Waals surface area contributed by atoms with Crippen molar-refractivity contribution in [2.45, 2.75) is 44.8 Å². The van der Waals surface area contributed by atoms with Crippen LogP contribution in [0.2, 0.25) is 0 Å². The van der Waals surface area contributed by atoms with E-state index in [1.807, 2.05) is 19.0 Å². The van der Waals surface area contributed by atoms with E-state index in [0.717, 1.165) is 18.7 Å². The van der Waals surface area contributed by atoms with E-state index in [1.54, 1.807) is 48.5 Å². The molecule has 42 heavy (non-hydrogen) atoms. The molecular formula is C31H40N8O3. The molecule has 1 unspecified atom stereocenters. The van der Waals surface area contributed by atoms with Gasteiger partial charge in [-0.1, -0.05) is 24.8 Å². The van der Waals surface area contributed by atoms with Crippen LogP contribution in [0, 0.1) is 23.2 Å². The molecule has 11 nitrogen and oxygen atoms in total. The van der Waals surface area contributed by atoms with E-state index >= 15 is 0 Å². The fourth-order valence-corrected chi connectivity index (χ4v) is 4.25. The van der Waals surface area contributed by atoms with Crippen molar-refractivity contribution in [3.8, 4) is 17.9 Å². The predicted molar refractivity (Wildman–Crippen MR) is 163 cm³/mol. The van der Waals surface area contributed by atoms with Gasteiger partial charge in [0.1, 0.15) is 11.9 Å².